The Hall–Kier alpha value is -1.59. The zero-order chi connectivity index (χ0) is 11.7. The molecule has 0 atom stereocenters. The summed E-state index contributed by atoms with van der Waals surface area (Å²) < 4.78 is 55.5. The average molecular weight is 222 g/mol. The fourth-order valence-electron chi connectivity index (χ4n) is 0.986. The summed E-state index contributed by atoms with van der Waals surface area (Å²) in [6.45, 7) is 1.90. The standard InChI is InChI=1S/C9H6F4O2/c1-3-5(10)6(11)7(12)8(13)9(3)15-4(2)14/h1-2H3. The van der Waals surface area contributed by atoms with Crippen LogP contribution < -0.4 is 4.74 Å². The first-order valence-corrected chi connectivity index (χ1v) is 3.87. The molecular weight excluding hydrogens is 216 g/mol. The minimum absolute atomic E-state index is 0.596. The molecule has 0 aliphatic carbocycles. The van der Waals surface area contributed by atoms with Crippen LogP contribution in [-0.2, 0) is 4.79 Å². The maximum atomic E-state index is 13.0. The molecule has 0 fully saturated rings. The molecule has 0 saturated carbocycles. The van der Waals surface area contributed by atoms with Gasteiger partial charge in [-0.25, -0.2) is 13.2 Å². The van der Waals surface area contributed by atoms with Gasteiger partial charge in [-0.2, -0.15) is 4.39 Å². The van der Waals surface area contributed by atoms with Gasteiger partial charge in [-0.05, 0) is 6.92 Å². The quantitative estimate of drug-likeness (QED) is 0.240. The van der Waals surface area contributed by atoms with Crippen LogP contribution in [0.2, 0.25) is 0 Å². The molecule has 0 heterocycles. The van der Waals surface area contributed by atoms with E-state index in [4.69, 9.17) is 0 Å². The zero-order valence-corrected chi connectivity index (χ0v) is 7.83. The lowest BCUT2D eigenvalue weighted by Crippen LogP contribution is -2.09. The number of hydrogen-bond acceptors (Lipinski definition) is 2. The topological polar surface area (TPSA) is 26.3 Å². The Bertz CT molecular complexity index is 400. The number of benzene rings is 1. The van der Waals surface area contributed by atoms with E-state index in [0.29, 0.717) is 0 Å². The van der Waals surface area contributed by atoms with Gasteiger partial charge in [0.15, 0.2) is 17.4 Å². The van der Waals surface area contributed by atoms with E-state index < -0.39 is 40.6 Å². The van der Waals surface area contributed by atoms with Crippen molar-refractivity contribution in [3.63, 3.8) is 0 Å². The third kappa shape index (κ3) is 1.93. The van der Waals surface area contributed by atoms with Gasteiger partial charge in [0.2, 0.25) is 11.6 Å². The maximum absolute atomic E-state index is 13.0. The molecule has 0 aliphatic rings. The molecule has 0 N–H and O–H groups in total. The van der Waals surface area contributed by atoms with E-state index in [9.17, 15) is 22.4 Å². The highest BCUT2D eigenvalue weighted by atomic mass is 19.2. The number of rotatable bonds is 1. The summed E-state index contributed by atoms with van der Waals surface area (Å²) in [5, 5.41) is 0. The molecule has 2 nitrogen and oxygen atoms in total. The van der Waals surface area contributed by atoms with Gasteiger partial charge in [0, 0.05) is 12.5 Å². The third-order valence-corrected chi connectivity index (χ3v) is 1.69. The van der Waals surface area contributed by atoms with E-state index in [1.165, 1.54) is 0 Å². The highest BCUT2D eigenvalue weighted by molar-refractivity contribution is 5.69. The Labute approximate surface area is 82.5 Å². The van der Waals surface area contributed by atoms with Crippen LogP contribution in [-0.4, -0.2) is 5.97 Å². The molecule has 0 aliphatic heterocycles. The molecule has 82 valence electrons. The summed E-state index contributed by atoms with van der Waals surface area (Å²) in [4.78, 5) is 10.5. The first-order valence-electron chi connectivity index (χ1n) is 3.87. The first kappa shape index (κ1) is 11.5. The minimum atomic E-state index is -2.01. The number of ether oxygens (including phenoxy) is 1. The smallest absolute Gasteiger partial charge is 0.308 e. The summed E-state index contributed by atoms with van der Waals surface area (Å²) in [5.41, 5.74) is -0.596. The van der Waals surface area contributed by atoms with Gasteiger partial charge in [0.25, 0.3) is 0 Å². The Balaban J connectivity index is 3.45. The van der Waals surface area contributed by atoms with Gasteiger partial charge in [-0.15, -0.1) is 0 Å². The predicted octanol–water partition coefficient (Wildman–Crippen LogP) is 2.48. The molecule has 6 heteroatoms. The highest BCUT2D eigenvalue weighted by Gasteiger charge is 2.24. The van der Waals surface area contributed by atoms with Gasteiger partial charge in [-0.1, -0.05) is 0 Å². The normalized spacial score (nSPS) is 10.3. The molecule has 15 heavy (non-hydrogen) atoms. The van der Waals surface area contributed by atoms with Gasteiger partial charge >= 0.3 is 5.97 Å². The summed E-state index contributed by atoms with van der Waals surface area (Å²) in [6.07, 6.45) is 0. The summed E-state index contributed by atoms with van der Waals surface area (Å²) in [7, 11) is 0. The Morgan fingerprint density at radius 2 is 1.47 bits per heavy atom. The van der Waals surface area contributed by atoms with E-state index >= 15 is 0 Å². The van der Waals surface area contributed by atoms with Gasteiger partial charge in [-0.3, -0.25) is 4.79 Å². The Morgan fingerprint density at radius 3 is 1.93 bits per heavy atom. The van der Waals surface area contributed by atoms with Crippen molar-refractivity contribution in [1.29, 1.82) is 0 Å². The fourth-order valence-corrected chi connectivity index (χ4v) is 0.986. The van der Waals surface area contributed by atoms with Crippen molar-refractivity contribution in [2.45, 2.75) is 13.8 Å². The lowest BCUT2D eigenvalue weighted by molar-refractivity contribution is -0.132. The third-order valence-electron chi connectivity index (χ3n) is 1.69. The largest absolute Gasteiger partial charge is 0.423 e. The van der Waals surface area contributed by atoms with Gasteiger partial charge < -0.3 is 4.74 Å². The first-order chi connectivity index (χ1) is 6.86. The molecule has 0 aromatic heterocycles. The summed E-state index contributed by atoms with van der Waals surface area (Å²) >= 11 is 0. The average Bonchev–Trinajstić information content (AvgIpc) is 2.18. The summed E-state index contributed by atoms with van der Waals surface area (Å²) in [6, 6.07) is 0. The van der Waals surface area contributed by atoms with Crippen LogP contribution in [0.4, 0.5) is 17.6 Å². The van der Waals surface area contributed by atoms with Gasteiger partial charge in [0.1, 0.15) is 0 Å². The van der Waals surface area contributed by atoms with E-state index in [1.807, 2.05) is 0 Å². The van der Waals surface area contributed by atoms with Crippen molar-refractivity contribution in [3.8, 4) is 5.75 Å². The molecule has 0 radical (unpaired) electrons. The molecule has 0 unspecified atom stereocenters. The predicted molar refractivity (Wildman–Crippen MR) is 42.3 cm³/mol. The van der Waals surface area contributed by atoms with Crippen LogP contribution in [0.15, 0.2) is 0 Å². The van der Waals surface area contributed by atoms with Crippen LogP contribution in [0, 0.1) is 30.2 Å². The minimum Gasteiger partial charge on any atom is -0.423 e. The number of halogens is 4. The summed E-state index contributed by atoms with van der Waals surface area (Å²) in [5.74, 6) is -9.12. The van der Waals surface area contributed by atoms with Crippen LogP contribution in [0.3, 0.4) is 0 Å². The second-order valence-electron chi connectivity index (χ2n) is 2.80. The van der Waals surface area contributed by atoms with Crippen molar-refractivity contribution in [3.05, 3.63) is 28.8 Å². The number of carbonyl (C=O) groups excluding carboxylic acids is 1. The molecule has 0 spiro atoms. The Morgan fingerprint density at radius 1 is 1.00 bits per heavy atom. The lowest BCUT2D eigenvalue weighted by atomic mass is 10.2. The van der Waals surface area contributed by atoms with E-state index in [2.05, 4.69) is 4.74 Å². The van der Waals surface area contributed by atoms with E-state index in [0.717, 1.165) is 13.8 Å². The zero-order valence-electron chi connectivity index (χ0n) is 7.83. The second-order valence-corrected chi connectivity index (χ2v) is 2.80. The van der Waals surface area contributed by atoms with Crippen molar-refractivity contribution >= 4 is 5.97 Å². The molecule has 1 aromatic rings. The van der Waals surface area contributed by atoms with Crippen molar-refractivity contribution < 1.29 is 27.1 Å². The lowest BCUT2D eigenvalue weighted by Gasteiger charge is -2.09. The SMILES string of the molecule is CC(=O)Oc1c(C)c(F)c(F)c(F)c1F. The van der Waals surface area contributed by atoms with Crippen molar-refractivity contribution in [2.24, 2.45) is 0 Å². The molecule has 1 rings (SSSR count). The van der Waals surface area contributed by atoms with Crippen molar-refractivity contribution in [2.75, 3.05) is 0 Å². The maximum Gasteiger partial charge on any atom is 0.308 e. The molecule has 0 saturated heterocycles. The van der Waals surface area contributed by atoms with E-state index in [1.54, 1.807) is 0 Å². The fraction of sp³-hybridized carbons (Fsp3) is 0.222. The van der Waals surface area contributed by atoms with E-state index in [-0.39, 0.29) is 0 Å². The monoisotopic (exact) mass is 222 g/mol. The van der Waals surface area contributed by atoms with Crippen LogP contribution >= 0.6 is 0 Å². The van der Waals surface area contributed by atoms with Gasteiger partial charge in [0.05, 0.1) is 0 Å². The molecule has 1 aromatic carbocycles. The number of esters is 1. The number of hydrogen-bond donors (Lipinski definition) is 0. The van der Waals surface area contributed by atoms with Crippen LogP contribution in [0.1, 0.15) is 12.5 Å². The van der Waals surface area contributed by atoms with Crippen molar-refractivity contribution in [1.82, 2.24) is 0 Å². The second kappa shape index (κ2) is 3.88. The molecule has 0 bridgehead atoms. The van der Waals surface area contributed by atoms with Crippen LogP contribution in [0.5, 0.6) is 5.75 Å². The Kier molecular flexibility index (Phi) is 2.97. The molecular formula is C9H6F4O2. The molecule has 0 amide bonds. The number of carbonyl (C=O) groups is 1. The highest BCUT2D eigenvalue weighted by Crippen LogP contribution is 2.29. The van der Waals surface area contributed by atoms with Crippen LogP contribution in [0.25, 0.3) is 0 Å².